The van der Waals surface area contributed by atoms with Gasteiger partial charge in [-0.05, 0) is 37.3 Å². The summed E-state index contributed by atoms with van der Waals surface area (Å²) >= 11 is 6.12. The standard InChI is InChI=1S/C24H25ClN6O3/c1-14-29-30-24-20(11-17(32)7-10-22(33)27-13-26)28-23(15-3-5-16(25)6-4-15)19-12-18(34-2)8-9-21(19)31(14)24/h3-6,8-9,12,20H,7,10-11,13,26H2,1-2H3,(H,27,33)/t20-/m0/s1. The Kier molecular flexibility index (Phi) is 7.04. The highest BCUT2D eigenvalue weighted by Crippen LogP contribution is 2.34. The van der Waals surface area contributed by atoms with E-state index in [9.17, 15) is 9.59 Å². The van der Waals surface area contributed by atoms with Crippen LogP contribution in [0, 0.1) is 6.92 Å². The number of fused-ring (bicyclic) bond motifs is 3. The lowest BCUT2D eigenvalue weighted by Gasteiger charge is -2.14. The summed E-state index contributed by atoms with van der Waals surface area (Å²) in [4.78, 5) is 29.6. The molecule has 0 saturated heterocycles. The summed E-state index contributed by atoms with van der Waals surface area (Å²) in [5.41, 5.74) is 8.52. The number of benzene rings is 2. The Bertz CT molecular complexity index is 1250. The third-order valence-electron chi connectivity index (χ3n) is 5.60. The van der Waals surface area contributed by atoms with Crippen molar-refractivity contribution >= 4 is 29.0 Å². The topological polar surface area (TPSA) is 124 Å². The number of ketones is 1. The van der Waals surface area contributed by atoms with Gasteiger partial charge < -0.3 is 15.8 Å². The van der Waals surface area contributed by atoms with Gasteiger partial charge in [0.2, 0.25) is 5.91 Å². The lowest BCUT2D eigenvalue weighted by molar-refractivity contribution is -0.125. The fourth-order valence-electron chi connectivity index (χ4n) is 3.95. The van der Waals surface area contributed by atoms with Crippen molar-refractivity contribution in [2.75, 3.05) is 13.8 Å². The van der Waals surface area contributed by atoms with Crippen LogP contribution in [0.3, 0.4) is 0 Å². The molecule has 0 radical (unpaired) electrons. The van der Waals surface area contributed by atoms with Crippen molar-refractivity contribution < 1.29 is 14.3 Å². The fourth-order valence-corrected chi connectivity index (χ4v) is 4.08. The highest BCUT2D eigenvalue weighted by Gasteiger charge is 2.30. The molecule has 0 aliphatic carbocycles. The minimum atomic E-state index is -0.588. The molecule has 176 valence electrons. The second-order valence-electron chi connectivity index (χ2n) is 7.87. The number of nitrogens with two attached hydrogens (primary N) is 1. The fraction of sp³-hybridized carbons (Fsp3) is 0.292. The first-order valence-electron chi connectivity index (χ1n) is 10.8. The number of aliphatic imine (C=N–C) groups is 1. The lowest BCUT2D eigenvalue weighted by atomic mass is 9.99. The molecule has 0 spiro atoms. The summed E-state index contributed by atoms with van der Waals surface area (Å²) in [6.45, 7) is 1.89. The number of hydrogen-bond donors (Lipinski definition) is 2. The van der Waals surface area contributed by atoms with E-state index in [-0.39, 0.29) is 37.6 Å². The van der Waals surface area contributed by atoms with E-state index in [1.54, 1.807) is 19.2 Å². The van der Waals surface area contributed by atoms with Gasteiger partial charge in [0.25, 0.3) is 0 Å². The average molecular weight is 481 g/mol. The molecule has 1 aliphatic rings. The molecule has 2 aromatic carbocycles. The largest absolute Gasteiger partial charge is 0.497 e. The normalized spacial score (nSPS) is 14.5. The molecule has 4 rings (SSSR count). The minimum absolute atomic E-state index is 0.0362. The monoisotopic (exact) mass is 480 g/mol. The number of aryl methyl sites for hydroxylation is 1. The molecule has 1 atom stereocenters. The van der Waals surface area contributed by atoms with Crippen LogP contribution >= 0.6 is 11.6 Å². The number of methoxy groups -OCH3 is 1. The van der Waals surface area contributed by atoms with Gasteiger partial charge in [-0.1, -0.05) is 23.7 Å². The van der Waals surface area contributed by atoms with Crippen LogP contribution in [-0.2, 0) is 9.59 Å². The van der Waals surface area contributed by atoms with E-state index in [0.29, 0.717) is 28.1 Å². The highest BCUT2D eigenvalue weighted by atomic mass is 35.5. The van der Waals surface area contributed by atoms with Gasteiger partial charge in [0.1, 0.15) is 23.4 Å². The minimum Gasteiger partial charge on any atom is -0.497 e. The highest BCUT2D eigenvalue weighted by molar-refractivity contribution is 6.30. The van der Waals surface area contributed by atoms with Gasteiger partial charge in [-0.3, -0.25) is 19.1 Å². The molecule has 0 unspecified atom stereocenters. The molecule has 2 heterocycles. The maximum Gasteiger partial charge on any atom is 0.221 e. The Labute approximate surface area is 202 Å². The van der Waals surface area contributed by atoms with Crippen molar-refractivity contribution in [2.45, 2.75) is 32.2 Å². The van der Waals surface area contributed by atoms with E-state index >= 15 is 0 Å². The van der Waals surface area contributed by atoms with Crippen LogP contribution in [0.15, 0.2) is 47.5 Å². The van der Waals surface area contributed by atoms with Gasteiger partial charge in [-0.15, -0.1) is 10.2 Å². The Hall–Kier alpha value is -3.56. The van der Waals surface area contributed by atoms with E-state index in [4.69, 9.17) is 27.1 Å². The smallest absolute Gasteiger partial charge is 0.221 e. The second-order valence-corrected chi connectivity index (χ2v) is 8.31. The molecule has 9 nitrogen and oxygen atoms in total. The van der Waals surface area contributed by atoms with E-state index < -0.39 is 6.04 Å². The molecule has 1 aromatic heterocycles. The Balaban J connectivity index is 1.79. The number of Topliss-reactive ketones (excluding diaryl/α,β-unsaturated/α-hetero) is 1. The summed E-state index contributed by atoms with van der Waals surface area (Å²) in [7, 11) is 1.61. The van der Waals surface area contributed by atoms with Crippen LogP contribution in [-0.4, -0.2) is 45.9 Å². The zero-order chi connectivity index (χ0) is 24.2. The molecule has 3 N–H and O–H groups in total. The zero-order valence-electron chi connectivity index (χ0n) is 18.9. The number of ether oxygens (including phenoxy) is 1. The van der Waals surface area contributed by atoms with E-state index in [1.165, 1.54) is 0 Å². The Morgan fingerprint density at radius 2 is 1.91 bits per heavy atom. The molecular formula is C24H25ClN6O3. The van der Waals surface area contributed by atoms with E-state index in [2.05, 4.69) is 15.5 Å². The number of carbonyl (C=O) groups excluding carboxylic acids is 2. The van der Waals surface area contributed by atoms with Gasteiger partial charge in [0.05, 0.1) is 25.2 Å². The molecule has 34 heavy (non-hydrogen) atoms. The summed E-state index contributed by atoms with van der Waals surface area (Å²) in [5.74, 6) is 1.54. The maximum atomic E-state index is 12.8. The van der Waals surface area contributed by atoms with Gasteiger partial charge in [0.15, 0.2) is 5.82 Å². The van der Waals surface area contributed by atoms with Gasteiger partial charge in [-0.2, -0.15) is 0 Å². The number of hydrogen-bond acceptors (Lipinski definition) is 7. The molecule has 0 saturated carbocycles. The van der Waals surface area contributed by atoms with Crippen LogP contribution in [0.1, 0.15) is 48.1 Å². The second kappa shape index (κ2) is 10.1. The molecule has 1 amide bonds. The van der Waals surface area contributed by atoms with Gasteiger partial charge in [-0.25, -0.2) is 0 Å². The SMILES string of the molecule is COc1ccc2c(c1)C(c1ccc(Cl)cc1)=N[C@@H](CC(=O)CCC(=O)NCN)c1nnc(C)n1-2. The van der Waals surface area contributed by atoms with Gasteiger partial charge in [0, 0.05) is 35.4 Å². The van der Waals surface area contributed by atoms with E-state index in [0.717, 1.165) is 16.8 Å². The number of aromatic nitrogens is 3. The number of halogens is 1. The molecule has 0 fully saturated rings. The molecule has 0 bridgehead atoms. The lowest BCUT2D eigenvalue weighted by Crippen LogP contribution is -2.29. The van der Waals surface area contributed by atoms with Crippen molar-refractivity contribution in [3.63, 3.8) is 0 Å². The van der Waals surface area contributed by atoms with E-state index in [1.807, 2.05) is 41.8 Å². The predicted molar refractivity (Wildman–Crippen MR) is 129 cm³/mol. The first-order valence-corrected chi connectivity index (χ1v) is 11.2. The summed E-state index contributed by atoms with van der Waals surface area (Å²) in [6.07, 6.45) is 0.234. The van der Waals surface area contributed by atoms with Crippen molar-refractivity contribution in [1.29, 1.82) is 0 Å². The third kappa shape index (κ3) is 4.85. The van der Waals surface area contributed by atoms with Crippen molar-refractivity contribution in [3.8, 4) is 11.4 Å². The zero-order valence-corrected chi connectivity index (χ0v) is 19.7. The average Bonchev–Trinajstić information content (AvgIpc) is 3.15. The molecular weight excluding hydrogens is 456 g/mol. The molecule has 10 heteroatoms. The van der Waals surface area contributed by atoms with Gasteiger partial charge >= 0.3 is 0 Å². The Morgan fingerprint density at radius 1 is 1.15 bits per heavy atom. The first kappa shape index (κ1) is 23.6. The number of nitrogens with zero attached hydrogens (tertiary/aromatic N) is 4. The number of amides is 1. The van der Waals surface area contributed by atoms with Crippen LogP contribution in [0.2, 0.25) is 5.02 Å². The molecule has 1 aliphatic heterocycles. The summed E-state index contributed by atoms with van der Waals surface area (Å²) < 4.78 is 7.39. The number of nitrogens with one attached hydrogen (secondary N) is 1. The number of carbonyl (C=O) groups is 2. The van der Waals surface area contributed by atoms with Crippen molar-refractivity contribution in [3.05, 3.63) is 70.3 Å². The summed E-state index contributed by atoms with van der Waals surface area (Å²) in [5, 5.41) is 11.7. The predicted octanol–water partition coefficient (Wildman–Crippen LogP) is 2.90. The van der Waals surface area contributed by atoms with Crippen molar-refractivity contribution in [2.24, 2.45) is 10.7 Å². The third-order valence-corrected chi connectivity index (χ3v) is 5.85. The summed E-state index contributed by atoms with van der Waals surface area (Å²) in [6, 6.07) is 12.5. The van der Waals surface area contributed by atoms with Crippen LogP contribution in [0.4, 0.5) is 0 Å². The van der Waals surface area contributed by atoms with Crippen LogP contribution in [0.5, 0.6) is 5.75 Å². The maximum absolute atomic E-state index is 12.8. The quantitative estimate of drug-likeness (QED) is 0.477. The number of rotatable bonds is 8. The molecule has 3 aromatic rings. The Morgan fingerprint density at radius 3 is 2.62 bits per heavy atom. The van der Waals surface area contributed by atoms with Crippen molar-refractivity contribution in [1.82, 2.24) is 20.1 Å². The first-order chi connectivity index (χ1) is 16.4. The van der Waals surface area contributed by atoms with Crippen LogP contribution < -0.4 is 15.8 Å². The van der Waals surface area contributed by atoms with Crippen LogP contribution in [0.25, 0.3) is 5.69 Å².